The molecule has 2 N–H and O–H groups in total. The smallest absolute Gasteiger partial charge is 0.276 e. The van der Waals surface area contributed by atoms with Gasteiger partial charge in [-0.2, -0.15) is 0 Å². The van der Waals surface area contributed by atoms with E-state index < -0.39 is 0 Å². The molecule has 1 atom stereocenters. The van der Waals surface area contributed by atoms with Gasteiger partial charge in [0, 0.05) is 5.75 Å². The van der Waals surface area contributed by atoms with Crippen molar-refractivity contribution >= 4 is 11.8 Å². The summed E-state index contributed by atoms with van der Waals surface area (Å²) in [5, 5.41) is 8.43. The van der Waals surface area contributed by atoms with Crippen molar-refractivity contribution in [3.8, 4) is 0 Å². The standard InChI is InChI=1S/C14H18FN3OS/c1-9(2)7-12(16)13-17-18-14(19-13)20-8-10-3-5-11(15)6-4-10/h3-6,9,12H,7-8,16H2,1-2H3/t12-/m0/s1. The van der Waals surface area contributed by atoms with E-state index in [1.54, 1.807) is 12.1 Å². The molecule has 2 aromatic rings. The summed E-state index contributed by atoms with van der Waals surface area (Å²) >= 11 is 1.42. The highest BCUT2D eigenvalue weighted by atomic mass is 32.2. The van der Waals surface area contributed by atoms with Gasteiger partial charge >= 0.3 is 0 Å². The van der Waals surface area contributed by atoms with Crippen molar-refractivity contribution in [3.63, 3.8) is 0 Å². The number of hydrogen-bond acceptors (Lipinski definition) is 5. The molecular weight excluding hydrogens is 277 g/mol. The van der Waals surface area contributed by atoms with Crippen molar-refractivity contribution in [1.82, 2.24) is 10.2 Å². The first-order chi connectivity index (χ1) is 9.54. The van der Waals surface area contributed by atoms with E-state index in [1.807, 2.05) is 0 Å². The number of nitrogens with zero attached hydrogens (tertiary/aromatic N) is 2. The first-order valence-electron chi connectivity index (χ1n) is 6.51. The fourth-order valence-corrected chi connectivity index (χ4v) is 2.49. The summed E-state index contributed by atoms with van der Waals surface area (Å²) in [7, 11) is 0. The van der Waals surface area contributed by atoms with Gasteiger partial charge in [-0.15, -0.1) is 10.2 Å². The molecule has 1 aromatic carbocycles. The maximum Gasteiger partial charge on any atom is 0.276 e. The Bertz CT molecular complexity index is 542. The number of aromatic nitrogens is 2. The Balaban J connectivity index is 1.91. The van der Waals surface area contributed by atoms with Crippen LogP contribution in [-0.4, -0.2) is 10.2 Å². The van der Waals surface area contributed by atoms with E-state index in [9.17, 15) is 4.39 Å². The van der Waals surface area contributed by atoms with Gasteiger partial charge in [0.1, 0.15) is 5.82 Å². The quantitative estimate of drug-likeness (QED) is 0.826. The Kier molecular flexibility index (Phi) is 5.14. The predicted octanol–water partition coefficient (Wildman–Crippen LogP) is 3.55. The van der Waals surface area contributed by atoms with E-state index in [0.717, 1.165) is 12.0 Å². The van der Waals surface area contributed by atoms with Crippen LogP contribution in [0.2, 0.25) is 0 Å². The Morgan fingerprint density at radius 2 is 1.95 bits per heavy atom. The van der Waals surface area contributed by atoms with Gasteiger partial charge < -0.3 is 10.2 Å². The van der Waals surface area contributed by atoms with E-state index in [1.165, 1.54) is 23.9 Å². The molecule has 108 valence electrons. The molecule has 0 radical (unpaired) electrons. The highest BCUT2D eigenvalue weighted by Crippen LogP contribution is 2.24. The molecule has 0 aliphatic carbocycles. The summed E-state index contributed by atoms with van der Waals surface area (Å²) in [6.07, 6.45) is 0.810. The van der Waals surface area contributed by atoms with Crippen LogP contribution in [0.5, 0.6) is 0 Å². The molecule has 0 unspecified atom stereocenters. The predicted molar refractivity (Wildman–Crippen MR) is 76.6 cm³/mol. The minimum Gasteiger partial charge on any atom is -0.414 e. The number of rotatable bonds is 6. The lowest BCUT2D eigenvalue weighted by atomic mass is 10.1. The number of benzene rings is 1. The lowest BCUT2D eigenvalue weighted by Gasteiger charge is -2.08. The molecule has 2 rings (SSSR count). The van der Waals surface area contributed by atoms with Crippen molar-refractivity contribution < 1.29 is 8.81 Å². The zero-order valence-corrected chi connectivity index (χ0v) is 12.4. The number of thioether (sulfide) groups is 1. The highest BCUT2D eigenvalue weighted by molar-refractivity contribution is 7.98. The summed E-state index contributed by atoms with van der Waals surface area (Å²) in [4.78, 5) is 0. The zero-order chi connectivity index (χ0) is 14.5. The fraction of sp³-hybridized carbons (Fsp3) is 0.429. The molecule has 0 amide bonds. The summed E-state index contributed by atoms with van der Waals surface area (Å²) in [6, 6.07) is 6.14. The SMILES string of the molecule is CC(C)C[C@H](N)c1nnc(SCc2ccc(F)cc2)o1. The minimum absolute atomic E-state index is 0.220. The monoisotopic (exact) mass is 295 g/mol. The number of hydrogen-bond donors (Lipinski definition) is 1. The number of nitrogens with two attached hydrogens (primary N) is 1. The molecule has 6 heteroatoms. The van der Waals surface area contributed by atoms with Gasteiger partial charge in [0.15, 0.2) is 0 Å². The molecule has 0 spiro atoms. The molecule has 1 aromatic heterocycles. The summed E-state index contributed by atoms with van der Waals surface area (Å²) in [6.45, 7) is 4.20. The largest absolute Gasteiger partial charge is 0.414 e. The van der Waals surface area contributed by atoms with Gasteiger partial charge in [-0.1, -0.05) is 37.7 Å². The van der Waals surface area contributed by atoms with Crippen molar-refractivity contribution in [2.24, 2.45) is 11.7 Å². The second-order valence-electron chi connectivity index (χ2n) is 5.06. The van der Waals surface area contributed by atoms with Crippen molar-refractivity contribution in [2.45, 2.75) is 37.3 Å². The normalized spacial score (nSPS) is 12.8. The van der Waals surface area contributed by atoms with Crippen molar-refractivity contribution in [1.29, 1.82) is 0 Å². The van der Waals surface area contributed by atoms with Gasteiger partial charge in [-0.3, -0.25) is 0 Å². The molecular formula is C14H18FN3OS. The van der Waals surface area contributed by atoms with Crippen LogP contribution in [0.3, 0.4) is 0 Å². The first kappa shape index (κ1) is 15.0. The number of halogens is 1. The molecule has 0 saturated carbocycles. The lowest BCUT2D eigenvalue weighted by Crippen LogP contribution is -2.13. The fourth-order valence-electron chi connectivity index (χ4n) is 1.76. The Morgan fingerprint density at radius 1 is 1.25 bits per heavy atom. The van der Waals surface area contributed by atoms with Crippen LogP contribution >= 0.6 is 11.8 Å². The lowest BCUT2D eigenvalue weighted by molar-refractivity contribution is 0.361. The Labute approximate surface area is 122 Å². The summed E-state index contributed by atoms with van der Waals surface area (Å²) in [5.74, 6) is 1.37. The topological polar surface area (TPSA) is 64.9 Å². The first-order valence-corrected chi connectivity index (χ1v) is 7.49. The zero-order valence-electron chi connectivity index (χ0n) is 11.5. The maximum atomic E-state index is 12.8. The average molecular weight is 295 g/mol. The third-order valence-corrected chi connectivity index (χ3v) is 3.63. The van der Waals surface area contributed by atoms with Gasteiger partial charge in [0.2, 0.25) is 5.89 Å². The second kappa shape index (κ2) is 6.85. The molecule has 0 fully saturated rings. The van der Waals surface area contributed by atoms with Gasteiger partial charge in [-0.25, -0.2) is 4.39 Å². The van der Waals surface area contributed by atoms with E-state index >= 15 is 0 Å². The Hall–Kier alpha value is -1.40. The minimum atomic E-state index is -0.238. The van der Waals surface area contributed by atoms with Gasteiger partial charge in [0.05, 0.1) is 6.04 Å². The van der Waals surface area contributed by atoms with Crippen molar-refractivity contribution in [3.05, 3.63) is 41.5 Å². The molecule has 4 nitrogen and oxygen atoms in total. The van der Waals surface area contributed by atoms with E-state index in [-0.39, 0.29) is 11.9 Å². The van der Waals surface area contributed by atoms with Crippen LogP contribution in [-0.2, 0) is 5.75 Å². The second-order valence-corrected chi connectivity index (χ2v) is 5.98. The molecule has 1 heterocycles. The van der Waals surface area contributed by atoms with Gasteiger partial charge in [-0.05, 0) is 30.0 Å². The molecule has 0 saturated heterocycles. The third-order valence-electron chi connectivity index (χ3n) is 2.74. The van der Waals surface area contributed by atoms with Crippen LogP contribution in [0.15, 0.2) is 33.9 Å². The van der Waals surface area contributed by atoms with Crippen LogP contribution in [0.1, 0.15) is 37.8 Å². The van der Waals surface area contributed by atoms with Crippen LogP contribution < -0.4 is 5.73 Å². The third kappa shape index (κ3) is 4.31. The van der Waals surface area contributed by atoms with Crippen LogP contribution in [0.25, 0.3) is 0 Å². The molecule has 0 bridgehead atoms. The van der Waals surface area contributed by atoms with Crippen LogP contribution in [0, 0.1) is 11.7 Å². The average Bonchev–Trinajstić information content (AvgIpc) is 2.86. The summed E-state index contributed by atoms with van der Waals surface area (Å²) < 4.78 is 18.3. The van der Waals surface area contributed by atoms with E-state index in [2.05, 4.69) is 24.0 Å². The van der Waals surface area contributed by atoms with E-state index in [4.69, 9.17) is 10.2 Å². The van der Waals surface area contributed by atoms with Crippen molar-refractivity contribution in [2.75, 3.05) is 0 Å². The maximum absolute atomic E-state index is 12.8. The van der Waals surface area contributed by atoms with Gasteiger partial charge in [0.25, 0.3) is 5.22 Å². The van der Waals surface area contributed by atoms with Crippen LogP contribution in [0.4, 0.5) is 4.39 Å². The Morgan fingerprint density at radius 3 is 2.60 bits per heavy atom. The summed E-state index contributed by atoms with van der Waals surface area (Å²) in [5.41, 5.74) is 6.99. The molecule has 0 aliphatic rings. The highest BCUT2D eigenvalue weighted by Gasteiger charge is 2.16. The molecule has 0 aliphatic heterocycles. The van der Waals surface area contributed by atoms with E-state index in [0.29, 0.717) is 22.8 Å². The molecule has 20 heavy (non-hydrogen) atoms.